The molecule has 0 saturated carbocycles. The molecule has 6 heteroatoms. The molecule has 0 atom stereocenters. The predicted molar refractivity (Wildman–Crippen MR) is 129 cm³/mol. The first-order chi connectivity index (χ1) is 16.6. The van der Waals surface area contributed by atoms with Crippen LogP contribution < -0.4 is 5.32 Å². The van der Waals surface area contributed by atoms with Gasteiger partial charge in [-0.1, -0.05) is 72.8 Å². The number of benzene rings is 3. The van der Waals surface area contributed by atoms with Gasteiger partial charge >= 0.3 is 6.03 Å². The molecular formula is C28H27N3O3. The lowest BCUT2D eigenvalue weighted by Crippen LogP contribution is -2.45. The zero-order valence-electron chi connectivity index (χ0n) is 18.9. The van der Waals surface area contributed by atoms with Crippen LogP contribution in [0.15, 0.2) is 84.9 Å². The van der Waals surface area contributed by atoms with E-state index < -0.39 is 11.6 Å². The zero-order chi connectivity index (χ0) is 23.5. The Morgan fingerprint density at radius 1 is 0.794 bits per heavy atom. The van der Waals surface area contributed by atoms with Crippen LogP contribution in [0.4, 0.5) is 4.79 Å². The standard InChI is InChI=1S/C28H27N3O3/c32-25(30-17-8-3-9-18-30)22-12-10-11-21(19-22)20-31-26(33)28(29-27(31)34,23-13-4-1-5-14-23)24-15-6-2-7-16-24/h1-2,4-7,10-16,19H,3,8-9,17-18,20H2,(H,29,34). The largest absolute Gasteiger partial charge is 0.339 e. The molecule has 0 aromatic heterocycles. The number of rotatable bonds is 5. The maximum absolute atomic E-state index is 13.9. The summed E-state index contributed by atoms with van der Waals surface area (Å²) in [4.78, 5) is 43.1. The van der Waals surface area contributed by atoms with Crippen LogP contribution in [0, 0.1) is 0 Å². The fourth-order valence-electron chi connectivity index (χ4n) is 4.92. The number of carbonyl (C=O) groups is 3. The van der Waals surface area contributed by atoms with E-state index in [0.29, 0.717) is 16.7 Å². The quantitative estimate of drug-likeness (QED) is 0.586. The summed E-state index contributed by atoms with van der Waals surface area (Å²) >= 11 is 0. The van der Waals surface area contributed by atoms with Gasteiger partial charge < -0.3 is 10.2 Å². The van der Waals surface area contributed by atoms with Gasteiger partial charge in [-0.15, -0.1) is 0 Å². The van der Waals surface area contributed by atoms with Gasteiger partial charge in [-0.05, 0) is 48.1 Å². The molecule has 0 spiro atoms. The number of amides is 4. The van der Waals surface area contributed by atoms with Crippen molar-refractivity contribution in [3.63, 3.8) is 0 Å². The van der Waals surface area contributed by atoms with Crippen molar-refractivity contribution in [1.82, 2.24) is 15.1 Å². The Morgan fingerprint density at radius 2 is 1.41 bits per heavy atom. The van der Waals surface area contributed by atoms with E-state index in [0.717, 1.165) is 37.9 Å². The minimum atomic E-state index is -1.29. The Labute approximate surface area is 199 Å². The van der Waals surface area contributed by atoms with Gasteiger partial charge in [-0.2, -0.15) is 0 Å². The molecule has 3 aromatic rings. The van der Waals surface area contributed by atoms with E-state index in [1.165, 1.54) is 4.90 Å². The first kappa shape index (κ1) is 21.9. The van der Waals surface area contributed by atoms with Crippen LogP contribution in [0.25, 0.3) is 0 Å². The lowest BCUT2D eigenvalue weighted by atomic mass is 9.82. The third-order valence-corrected chi connectivity index (χ3v) is 6.68. The second-order valence-electron chi connectivity index (χ2n) is 8.86. The second kappa shape index (κ2) is 9.14. The first-order valence-electron chi connectivity index (χ1n) is 11.7. The van der Waals surface area contributed by atoms with Crippen molar-refractivity contribution < 1.29 is 14.4 Å². The van der Waals surface area contributed by atoms with Crippen LogP contribution in [0.2, 0.25) is 0 Å². The number of nitrogens with zero attached hydrogens (tertiary/aromatic N) is 2. The van der Waals surface area contributed by atoms with E-state index in [2.05, 4.69) is 5.32 Å². The van der Waals surface area contributed by atoms with Crippen molar-refractivity contribution in [2.24, 2.45) is 0 Å². The van der Waals surface area contributed by atoms with Crippen LogP contribution in [-0.2, 0) is 16.9 Å². The Kier molecular flexibility index (Phi) is 5.88. The number of carbonyl (C=O) groups excluding carboxylic acids is 3. The monoisotopic (exact) mass is 453 g/mol. The molecule has 5 rings (SSSR count). The van der Waals surface area contributed by atoms with E-state index in [1.54, 1.807) is 12.1 Å². The van der Waals surface area contributed by atoms with Gasteiger partial charge in [0.25, 0.3) is 11.8 Å². The molecule has 2 fully saturated rings. The van der Waals surface area contributed by atoms with Crippen LogP contribution in [0.1, 0.15) is 46.3 Å². The van der Waals surface area contributed by atoms with E-state index in [1.807, 2.05) is 77.7 Å². The van der Waals surface area contributed by atoms with Crippen LogP contribution >= 0.6 is 0 Å². The number of hydrogen-bond acceptors (Lipinski definition) is 3. The number of urea groups is 1. The molecule has 0 bridgehead atoms. The molecule has 2 aliphatic rings. The van der Waals surface area contributed by atoms with Gasteiger partial charge in [-0.3, -0.25) is 14.5 Å². The average Bonchev–Trinajstić information content (AvgIpc) is 3.15. The summed E-state index contributed by atoms with van der Waals surface area (Å²) in [5.41, 5.74) is 1.44. The molecule has 0 unspecified atom stereocenters. The highest BCUT2D eigenvalue weighted by Gasteiger charge is 2.53. The molecule has 34 heavy (non-hydrogen) atoms. The van der Waals surface area contributed by atoms with Crippen molar-refractivity contribution in [1.29, 1.82) is 0 Å². The zero-order valence-corrected chi connectivity index (χ0v) is 18.9. The van der Waals surface area contributed by atoms with Gasteiger partial charge in [0.05, 0.1) is 6.54 Å². The second-order valence-corrected chi connectivity index (χ2v) is 8.86. The Bertz CT molecular complexity index is 1160. The van der Waals surface area contributed by atoms with Crippen LogP contribution in [-0.4, -0.2) is 40.7 Å². The average molecular weight is 454 g/mol. The molecule has 172 valence electrons. The van der Waals surface area contributed by atoms with E-state index in [-0.39, 0.29) is 18.4 Å². The van der Waals surface area contributed by atoms with Gasteiger partial charge in [0.2, 0.25) is 0 Å². The van der Waals surface area contributed by atoms with Crippen LogP contribution in [0.5, 0.6) is 0 Å². The summed E-state index contributed by atoms with van der Waals surface area (Å²) in [6, 6.07) is 25.4. The van der Waals surface area contributed by atoms with Crippen molar-refractivity contribution in [3.05, 3.63) is 107 Å². The smallest absolute Gasteiger partial charge is 0.325 e. The molecule has 2 aliphatic heterocycles. The van der Waals surface area contributed by atoms with Gasteiger partial charge in [0.15, 0.2) is 5.54 Å². The van der Waals surface area contributed by atoms with Crippen molar-refractivity contribution in [3.8, 4) is 0 Å². The van der Waals surface area contributed by atoms with Gasteiger partial charge in [0.1, 0.15) is 0 Å². The molecule has 2 saturated heterocycles. The Morgan fingerprint density at radius 3 is 2.03 bits per heavy atom. The number of nitrogens with one attached hydrogen (secondary N) is 1. The fourth-order valence-corrected chi connectivity index (χ4v) is 4.92. The summed E-state index contributed by atoms with van der Waals surface area (Å²) in [5, 5.41) is 2.97. The lowest BCUT2D eigenvalue weighted by Gasteiger charge is -2.28. The van der Waals surface area contributed by atoms with Crippen molar-refractivity contribution in [2.45, 2.75) is 31.3 Å². The van der Waals surface area contributed by atoms with Gasteiger partial charge in [0, 0.05) is 18.7 Å². The lowest BCUT2D eigenvalue weighted by molar-refractivity contribution is -0.130. The highest BCUT2D eigenvalue weighted by atomic mass is 16.2. The molecule has 0 radical (unpaired) electrons. The van der Waals surface area contributed by atoms with E-state index >= 15 is 0 Å². The molecule has 4 amide bonds. The van der Waals surface area contributed by atoms with Crippen LogP contribution in [0.3, 0.4) is 0 Å². The summed E-state index contributed by atoms with van der Waals surface area (Å²) in [6.45, 7) is 1.63. The SMILES string of the molecule is O=C(c1cccc(CN2C(=O)NC(c3ccccc3)(c3ccccc3)C2=O)c1)N1CCCCC1. The topological polar surface area (TPSA) is 69.7 Å². The molecule has 3 aromatic carbocycles. The molecule has 1 N–H and O–H groups in total. The maximum atomic E-state index is 13.9. The highest BCUT2D eigenvalue weighted by molar-refractivity contribution is 6.09. The van der Waals surface area contributed by atoms with Crippen molar-refractivity contribution >= 4 is 17.8 Å². The third-order valence-electron chi connectivity index (χ3n) is 6.68. The summed E-state index contributed by atoms with van der Waals surface area (Å²) in [7, 11) is 0. The van der Waals surface area contributed by atoms with E-state index in [9.17, 15) is 14.4 Å². The number of piperidine rings is 1. The summed E-state index contributed by atoms with van der Waals surface area (Å²) < 4.78 is 0. The van der Waals surface area contributed by atoms with E-state index in [4.69, 9.17) is 0 Å². The summed E-state index contributed by atoms with van der Waals surface area (Å²) in [5.74, 6) is -0.329. The normalized spacial score (nSPS) is 17.5. The predicted octanol–water partition coefficient (Wildman–Crippen LogP) is 4.31. The molecule has 0 aliphatic carbocycles. The third kappa shape index (κ3) is 3.85. The number of imide groups is 1. The number of likely N-dealkylation sites (tertiary alicyclic amines) is 1. The number of hydrogen-bond donors (Lipinski definition) is 1. The van der Waals surface area contributed by atoms with Crippen molar-refractivity contribution in [2.75, 3.05) is 13.1 Å². The summed E-state index contributed by atoms with van der Waals surface area (Å²) in [6.07, 6.45) is 3.20. The highest BCUT2D eigenvalue weighted by Crippen LogP contribution is 2.36. The Balaban J connectivity index is 1.45. The maximum Gasteiger partial charge on any atom is 0.325 e. The molecule has 2 heterocycles. The minimum Gasteiger partial charge on any atom is -0.339 e. The fraction of sp³-hybridized carbons (Fsp3) is 0.250. The molecular weight excluding hydrogens is 426 g/mol. The molecule has 6 nitrogen and oxygen atoms in total. The Hall–Kier alpha value is -3.93. The minimum absolute atomic E-state index is 0.00154. The first-order valence-corrected chi connectivity index (χ1v) is 11.7. The van der Waals surface area contributed by atoms with Gasteiger partial charge in [-0.25, -0.2) is 4.79 Å².